The molecule has 1 heterocycles. The summed E-state index contributed by atoms with van der Waals surface area (Å²) in [7, 11) is 0. The Morgan fingerprint density at radius 2 is 2.17 bits per heavy atom. The molecular formula is C14H19BrN2O. The summed E-state index contributed by atoms with van der Waals surface area (Å²) < 4.78 is 1.08. The quantitative estimate of drug-likeness (QED) is 0.824. The van der Waals surface area contributed by atoms with E-state index in [4.69, 9.17) is 5.73 Å². The van der Waals surface area contributed by atoms with Gasteiger partial charge in [0.1, 0.15) is 0 Å². The molecule has 2 aliphatic rings. The molecule has 1 saturated carbocycles. The number of aliphatic hydroxyl groups is 1. The number of nitrogens with two attached hydrogens (primary N) is 1. The van der Waals surface area contributed by atoms with Crippen LogP contribution in [0.4, 0.5) is 5.69 Å². The molecule has 0 bridgehead atoms. The molecule has 18 heavy (non-hydrogen) atoms. The Morgan fingerprint density at radius 3 is 2.89 bits per heavy atom. The van der Waals surface area contributed by atoms with Gasteiger partial charge in [-0.2, -0.15) is 0 Å². The minimum atomic E-state index is -0.0865. The number of halogens is 1. The van der Waals surface area contributed by atoms with Gasteiger partial charge in [-0.05, 0) is 30.9 Å². The molecule has 1 aromatic rings. The number of nitrogens with zero attached hydrogens (tertiary/aromatic N) is 1. The van der Waals surface area contributed by atoms with E-state index in [0.717, 1.165) is 36.2 Å². The number of aliphatic hydroxyl groups excluding tert-OH is 1. The van der Waals surface area contributed by atoms with Gasteiger partial charge in [0.15, 0.2) is 0 Å². The third-order valence-corrected chi connectivity index (χ3v) is 5.17. The maximum absolute atomic E-state index is 9.93. The topological polar surface area (TPSA) is 49.5 Å². The van der Waals surface area contributed by atoms with Crippen LogP contribution in [0.2, 0.25) is 0 Å². The lowest BCUT2D eigenvalue weighted by atomic mass is 10.00. The molecule has 0 spiro atoms. The van der Waals surface area contributed by atoms with Crippen molar-refractivity contribution in [3.8, 4) is 0 Å². The predicted octanol–water partition coefficient (Wildman–Crippen LogP) is 2.23. The minimum Gasteiger partial charge on any atom is -0.398 e. The summed E-state index contributed by atoms with van der Waals surface area (Å²) in [5.74, 6) is 1.16. The fourth-order valence-electron chi connectivity index (χ4n) is 3.42. The zero-order valence-corrected chi connectivity index (χ0v) is 11.9. The molecule has 2 fully saturated rings. The molecule has 3 unspecified atom stereocenters. The number of hydrogen-bond donors (Lipinski definition) is 2. The Balaban J connectivity index is 1.72. The van der Waals surface area contributed by atoms with E-state index in [-0.39, 0.29) is 6.10 Å². The highest BCUT2D eigenvalue weighted by Crippen LogP contribution is 2.39. The van der Waals surface area contributed by atoms with Crippen molar-refractivity contribution in [3.63, 3.8) is 0 Å². The summed E-state index contributed by atoms with van der Waals surface area (Å²) in [6.45, 7) is 2.99. The molecule has 1 aromatic carbocycles. The van der Waals surface area contributed by atoms with E-state index in [1.54, 1.807) is 0 Å². The first kappa shape index (κ1) is 12.5. The van der Waals surface area contributed by atoms with Crippen molar-refractivity contribution in [2.75, 3.05) is 18.8 Å². The number of fused-ring (bicyclic) bond motifs is 1. The van der Waals surface area contributed by atoms with Gasteiger partial charge in [0.2, 0.25) is 0 Å². The van der Waals surface area contributed by atoms with Crippen LogP contribution in [0.1, 0.15) is 18.4 Å². The van der Waals surface area contributed by atoms with Crippen LogP contribution >= 0.6 is 15.9 Å². The average molecular weight is 311 g/mol. The third kappa shape index (κ3) is 2.17. The van der Waals surface area contributed by atoms with Crippen LogP contribution in [0.25, 0.3) is 0 Å². The number of benzene rings is 1. The molecule has 3 rings (SSSR count). The van der Waals surface area contributed by atoms with Crippen molar-refractivity contribution >= 4 is 21.6 Å². The van der Waals surface area contributed by atoms with Gasteiger partial charge in [-0.1, -0.05) is 22.0 Å². The number of anilines is 1. The SMILES string of the molecule is Nc1cccc(Br)c1CN1CC2CCC(O)C2C1. The normalized spacial score (nSPS) is 31.8. The molecule has 0 amide bonds. The second-order valence-electron chi connectivity index (χ2n) is 5.57. The molecule has 3 atom stereocenters. The fraction of sp³-hybridized carbons (Fsp3) is 0.571. The van der Waals surface area contributed by atoms with E-state index in [1.165, 1.54) is 12.0 Å². The van der Waals surface area contributed by atoms with Crippen molar-refractivity contribution < 1.29 is 5.11 Å². The summed E-state index contributed by atoms with van der Waals surface area (Å²) in [6, 6.07) is 5.95. The van der Waals surface area contributed by atoms with Crippen molar-refractivity contribution in [2.45, 2.75) is 25.5 Å². The Hall–Kier alpha value is -0.580. The third-order valence-electron chi connectivity index (χ3n) is 4.43. The molecule has 1 aliphatic heterocycles. The second kappa shape index (κ2) is 4.83. The monoisotopic (exact) mass is 310 g/mol. The number of likely N-dealkylation sites (tertiary alicyclic amines) is 1. The highest BCUT2D eigenvalue weighted by Gasteiger charge is 2.41. The fourth-order valence-corrected chi connectivity index (χ4v) is 3.93. The number of hydrogen-bond acceptors (Lipinski definition) is 3. The Kier molecular flexibility index (Phi) is 3.34. The van der Waals surface area contributed by atoms with Crippen molar-refractivity contribution in [3.05, 3.63) is 28.2 Å². The average Bonchev–Trinajstić information content (AvgIpc) is 2.87. The molecule has 3 N–H and O–H groups in total. The van der Waals surface area contributed by atoms with Gasteiger partial charge in [-0.15, -0.1) is 0 Å². The van der Waals surface area contributed by atoms with E-state index in [2.05, 4.69) is 20.8 Å². The van der Waals surface area contributed by atoms with E-state index < -0.39 is 0 Å². The standard InChI is InChI=1S/C14H19BrN2O/c15-12-2-1-3-13(16)11(12)8-17-6-9-4-5-14(18)10(9)7-17/h1-3,9-10,14,18H,4-8,16H2. The van der Waals surface area contributed by atoms with Crippen LogP contribution in [0.5, 0.6) is 0 Å². The summed E-state index contributed by atoms with van der Waals surface area (Å²) in [4.78, 5) is 2.42. The van der Waals surface area contributed by atoms with Gasteiger partial charge in [-0.3, -0.25) is 4.90 Å². The smallest absolute Gasteiger partial charge is 0.0583 e. The first-order chi connectivity index (χ1) is 8.65. The molecule has 0 aromatic heterocycles. The first-order valence-electron chi connectivity index (χ1n) is 6.58. The molecule has 1 aliphatic carbocycles. The van der Waals surface area contributed by atoms with Crippen LogP contribution in [0, 0.1) is 11.8 Å². The lowest BCUT2D eigenvalue weighted by molar-refractivity contribution is 0.123. The van der Waals surface area contributed by atoms with Crippen molar-refractivity contribution in [1.29, 1.82) is 0 Å². The highest BCUT2D eigenvalue weighted by molar-refractivity contribution is 9.10. The molecule has 4 heteroatoms. The summed E-state index contributed by atoms with van der Waals surface area (Å²) in [6.07, 6.45) is 2.07. The lowest BCUT2D eigenvalue weighted by Gasteiger charge is -2.19. The molecule has 0 radical (unpaired) electrons. The van der Waals surface area contributed by atoms with Gasteiger partial charge in [-0.25, -0.2) is 0 Å². The van der Waals surface area contributed by atoms with Gasteiger partial charge in [0.25, 0.3) is 0 Å². The van der Waals surface area contributed by atoms with Gasteiger partial charge in [0, 0.05) is 41.3 Å². The van der Waals surface area contributed by atoms with Crippen molar-refractivity contribution in [2.24, 2.45) is 11.8 Å². The molecule has 98 valence electrons. The predicted molar refractivity (Wildman–Crippen MR) is 76.1 cm³/mol. The van der Waals surface area contributed by atoms with Gasteiger partial charge >= 0.3 is 0 Å². The van der Waals surface area contributed by atoms with Gasteiger partial charge < -0.3 is 10.8 Å². The summed E-state index contributed by atoms with van der Waals surface area (Å²) in [5.41, 5.74) is 8.06. The largest absolute Gasteiger partial charge is 0.398 e. The van der Waals surface area contributed by atoms with Gasteiger partial charge in [0.05, 0.1) is 6.10 Å². The Bertz CT molecular complexity index is 431. The van der Waals surface area contributed by atoms with E-state index in [9.17, 15) is 5.11 Å². The summed E-state index contributed by atoms with van der Waals surface area (Å²) >= 11 is 3.57. The van der Waals surface area contributed by atoms with Crippen molar-refractivity contribution in [1.82, 2.24) is 4.90 Å². The molecule has 3 nitrogen and oxygen atoms in total. The number of rotatable bonds is 2. The Morgan fingerprint density at radius 1 is 1.33 bits per heavy atom. The molecular weight excluding hydrogens is 292 g/mol. The summed E-state index contributed by atoms with van der Waals surface area (Å²) in [5, 5.41) is 9.93. The Labute approximate surface area is 116 Å². The lowest BCUT2D eigenvalue weighted by Crippen LogP contribution is -2.25. The number of nitrogen functional groups attached to an aromatic ring is 1. The van der Waals surface area contributed by atoms with Crippen LogP contribution in [-0.4, -0.2) is 29.2 Å². The van der Waals surface area contributed by atoms with Crippen LogP contribution in [-0.2, 0) is 6.54 Å². The van der Waals surface area contributed by atoms with Crippen LogP contribution < -0.4 is 5.73 Å². The minimum absolute atomic E-state index is 0.0865. The van der Waals surface area contributed by atoms with Crippen LogP contribution in [0.15, 0.2) is 22.7 Å². The second-order valence-corrected chi connectivity index (χ2v) is 6.42. The maximum atomic E-state index is 9.93. The maximum Gasteiger partial charge on any atom is 0.0583 e. The zero-order valence-electron chi connectivity index (χ0n) is 10.3. The zero-order chi connectivity index (χ0) is 12.7. The highest BCUT2D eigenvalue weighted by atomic mass is 79.9. The first-order valence-corrected chi connectivity index (χ1v) is 7.37. The van der Waals surface area contributed by atoms with Crippen LogP contribution in [0.3, 0.4) is 0 Å². The van der Waals surface area contributed by atoms with E-state index >= 15 is 0 Å². The molecule has 1 saturated heterocycles. The van der Waals surface area contributed by atoms with E-state index in [0.29, 0.717) is 11.8 Å². The van der Waals surface area contributed by atoms with E-state index in [1.807, 2.05) is 18.2 Å².